The van der Waals surface area contributed by atoms with Crippen LogP contribution in [0.2, 0.25) is 0 Å². The van der Waals surface area contributed by atoms with Gasteiger partial charge in [-0.1, -0.05) is 102 Å². The summed E-state index contributed by atoms with van der Waals surface area (Å²) in [5.74, 6) is -30.9. The van der Waals surface area contributed by atoms with Crippen LogP contribution >= 0.6 is 0 Å². The zero-order chi connectivity index (χ0) is 80.9. The summed E-state index contributed by atoms with van der Waals surface area (Å²) < 4.78 is 151. The van der Waals surface area contributed by atoms with E-state index in [0.29, 0.717) is 22.3 Å². The molecule has 0 radical (unpaired) electrons. The van der Waals surface area contributed by atoms with Crippen LogP contribution in [0, 0.1) is 0 Å². The maximum Gasteiger partial charge on any atom is 1.00 e. The van der Waals surface area contributed by atoms with E-state index in [1.165, 1.54) is 59.5 Å². The second-order valence-corrected chi connectivity index (χ2v) is 34.9. The minimum atomic E-state index is -5.35. The number of anilines is 4. The molecule has 13 rings (SSSR count). The van der Waals surface area contributed by atoms with Crippen molar-refractivity contribution < 1.29 is 251 Å². The molecule has 116 heavy (non-hydrogen) atoms. The topological polar surface area (TPSA) is 553 Å². The molecule has 0 fully saturated rings. The number of carboxylic acids is 4. The number of phenols is 4. The SMILES string of the molecule is O=C(O)[C@@H]1Cc2ccccc2N1Cc1c([O-])c2cc(c1[O-])C(CCS(=O)(=O)O)c1cc(c(O)c(CN3c4ccccc4C[C@H]3C(=O)O)c1[O-])C(CCS(=O)(=O)O)c1cc(c(O)c(CN3c4ccccc4C[C@H]3C(=O)O)c1O)C(CCS(=O)(=O)O)c1cc(c([O-])c(CN3c4ccccc4C[C@H]3C(=O)O)c1O)C2CCS(=O)(=O)O.[Na+].[Na+].[Na+].[Na+]. The van der Waals surface area contributed by atoms with Crippen molar-refractivity contribution >= 4 is 87.1 Å². The van der Waals surface area contributed by atoms with Crippen LogP contribution in [0.3, 0.4) is 0 Å². The third-order valence-electron chi connectivity index (χ3n) is 22.1. The van der Waals surface area contributed by atoms with Crippen molar-refractivity contribution in [2.75, 3.05) is 42.6 Å². The van der Waals surface area contributed by atoms with E-state index in [4.69, 9.17) is 0 Å². The third kappa shape index (κ3) is 18.7. The minimum absolute atomic E-state index is 0. The number of carbonyl (C=O) groups is 4. The Hall–Kier alpha value is -7.12. The maximum absolute atomic E-state index is 16.5. The molecule has 4 heterocycles. The van der Waals surface area contributed by atoms with Gasteiger partial charge in [0.25, 0.3) is 40.5 Å². The van der Waals surface area contributed by atoms with E-state index >= 15 is 20.4 Å². The van der Waals surface area contributed by atoms with Crippen LogP contribution in [-0.4, -0.2) is 164 Å². The fourth-order valence-corrected chi connectivity index (χ4v) is 19.0. The van der Waals surface area contributed by atoms with Gasteiger partial charge in [-0.05, 0) is 106 Å². The summed E-state index contributed by atoms with van der Waals surface area (Å²) in [6.45, 7) is -3.95. The first kappa shape index (κ1) is 92.8. The standard InChI is InChI=1S/C76H76N4O28S4.4Na/c81-65-45-29-46(66(82)53(65)33-77-57-13-5-1-9-37(57)25-61(77)73(89)90)42(18-22-110(100,101)102)48-31-50(70(86)55(68(48)84)35-79-59-15-7-3-11-39(59)27-63(79)75(93)94)44(20-24-112(106,107)108)52-32-51(71(87)56(72(52)88)36-80-60-16-8-4-12-40(60)28-64(80)76(95)96)43(19-23-111(103,104)105)49-30-47(41(45)17-21-109(97,98)99)67(83)54(69(49)85)34-78-58-14-6-2-10-38(58)26-62(78)74(91)92;;;;/h1-16,29-32,41-44,61-64,81-88H,17-28,33-36H2,(H,89,90)(H,91,92)(H,93,94)(H,95,96)(H,97,98,99)(H,100,101,102)(H,103,104,105)(H,106,107,108);;;;/q;4*+1/p-4/t41?,42?,43?,44?,61-,62-,63-,64-;;;;/m0..../s1. The first-order valence-corrected chi connectivity index (χ1v) is 41.4. The van der Waals surface area contributed by atoms with E-state index in [-0.39, 0.29) is 167 Å². The van der Waals surface area contributed by atoms with Crippen molar-refractivity contribution in [1.29, 1.82) is 0 Å². The molecule has 0 saturated carbocycles. The minimum Gasteiger partial charge on any atom is -0.872 e. The molecule has 4 aliphatic heterocycles. The van der Waals surface area contributed by atoms with Gasteiger partial charge in [0, 0.05) is 125 Å². The van der Waals surface area contributed by atoms with E-state index < -0.39 is 300 Å². The van der Waals surface area contributed by atoms with Gasteiger partial charge in [0.1, 0.15) is 47.2 Å². The second-order valence-electron chi connectivity index (χ2n) is 28.6. The smallest absolute Gasteiger partial charge is 0.872 e. The summed E-state index contributed by atoms with van der Waals surface area (Å²) in [6.07, 6.45) is -5.56. The van der Waals surface area contributed by atoms with Gasteiger partial charge < -0.3 is 80.9 Å². The van der Waals surface area contributed by atoms with Gasteiger partial charge in [-0.25, -0.2) is 19.2 Å². The van der Waals surface area contributed by atoms with Gasteiger partial charge in [0.15, 0.2) is 0 Å². The van der Waals surface area contributed by atoms with Crippen LogP contribution < -0.4 is 158 Å². The Balaban J connectivity index is 0.00000384. The van der Waals surface area contributed by atoms with Crippen molar-refractivity contribution in [3.63, 3.8) is 0 Å². The Morgan fingerprint density at radius 1 is 0.310 bits per heavy atom. The molecule has 0 amide bonds. The van der Waals surface area contributed by atoms with Gasteiger partial charge in [-0.3, -0.25) is 18.2 Å². The molecule has 1 aliphatic carbocycles. The molecule has 8 aromatic rings. The van der Waals surface area contributed by atoms with E-state index in [1.54, 1.807) is 42.5 Å². The number of benzene rings is 8. The van der Waals surface area contributed by atoms with E-state index in [1.807, 2.05) is 0 Å². The molecule has 592 valence electrons. The number of carboxylic acid groups (broad SMARTS) is 4. The van der Waals surface area contributed by atoms with E-state index in [9.17, 15) is 112 Å². The van der Waals surface area contributed by atoms with Gasteiger partial charge in [-0.2, -0.15) is 33.7 Å². The van der Waals surface area contributed by atoms with E-state index in [0.717, 1.165) is 39.0 Å². The van der Waals surface area contributed by atoms with Crippen molar-refractivity contribution in [3.8, 4) is 46.0 Å². The summed E-state index contributed by atoms with van der Waals surface area (Å²) in [4.78, 5) is 58.3. The Morgan fingerprint density at radius 2 is 0.500 bits per heavy atom. The first-order valence-electron chi connectivity index (χ1n) is 35.0. The largest absolute Gasteiger partial charge is 1.00 e. The molecular weight excluding hydrogens is 1640 g/mol. The fraction of sp³-hybridized carbons (Fsp3) is 0.316. The van der Waals surface area contributed by atoms with Crippen LogP contribution in [0.5, 0.6) is 46.0 Å². The molecule has 40 heteroatoms. The zero-order valence-corrected chi connectivity index (χ0v) is 74.1. The van der Waals surface area contributed by atoms with Gasteiger partial charge in [0.05, 0.1) is 35.1 Å². The molecule has 0 spiro atoms. The molecule has 0 aromatic heterocycles. The number of nitrogens with zero attached hydrogens (tertiary/aromatic N) is 4. The molecule has 12 N–H and O–H groups in total. The van der Waals surface area contributed by atoms with Gasteiger partial charge in [-0.15, -0.1) is 11.5 Å². The number of hydrogen-bond acceptors (Lipinski definition) is 24. The van der Waals surface area contributed by atoms with Crippen molar-refractivity contribution in [3.05, 3.63) is 210 Å². The van der Waals surface area contributed by atoms with Gasteiger partial charge >= 0.3 is 142 Å². The average molecular weight is 1710 g/mol. The van der Waals surface area contributed by atoms with Crippen molar-refractivity contribution in [2.45, 2.75) is 125 Å². The summed E-state index contributed by atoms with van der Waals surface area (Å²) in [6, 6.07) is 21.0. The van der Waals surface area contributed by atoms with E-state index in [2.05, 4.69) is 0 Å². The summed E-state index contributed by atoms with van der Waals surface area (Å²) in [5, 5.41) is 163. The number of fused-ring (bicyclic) bond motifs is 12. The predicted molar refractivity (Wildman–Crippen MR) is 393 cm³/mol. The second kappa shape index (κ2) is 36.1. The molecule has 8 bridgehead atoms. The van der Waals surface area contributed by atoms with Crippen LogP contribution in [-0.2, 0) is 112 Å². The Labute approximate surface area is 753 Å². The predicted octanol–water partition coefficient (Wildman–Crippen LogP) is -7.16. The van der Waals surface area contributed by atoms with Crippen molar-refractivity contribution in [1.82, 2.24) is 0 Å². The molecule has 32 nitrogen and oxygen atoms in total. The Morgan fingerprint density at radius 3 is 0.741 bits per heavy atom. The molecule has 4 unspecified atom stereocenters. The summed E-state index contributed by atoms with van der Waals surface area (Å²) in [5.41, 5.74) is -7.80. The number of hydrogen-bond donors (Lipinski definition) is 12. The van der Waals surface area contributed by atoms with Crippen molar-refractivity contribution in [2.24, 2.45) is 0 Å². The number of phenolic OH excluding ortho intramolecular Hbond substituents is 4. The maximum atomic E-state index is 16.5. The molecule has 5 aliphatic rings. The fourth-order valence-electron chi connectivity index (χ4n) is 16.8. The van der Waals surface area contributed by atoms with Crippen LogP contribution in [0.1, 0.15) is 138 Å². The molecular formula is C76H72N4Na4O28S4. The zero-order valence-electron chi connectivity index (χ0n) is 62.8. The third-order valence-corrected chi connectivity index (χ3v) is 25.1. The van der Waals surface area contributed by atoms with Crippen LogP contribution in [0.4, 0.5) is 22.7 Å². The van der Waals surface area contributed by atoms with Crippen LogP contribution in [0.15, 0.2) is 121 Å². The first-order chi connectivity index (χ1) is 52.7. The van der Waals surface area contributed by atoms with Crippen LogP contribution in [0.25, 0.3) is 0 Å². The summed E-state index contributed by atoms with van der Waals surface area (Å²) in [7, 11) is -21.4. The van der Waals surface area contributed by atoms with Gasteiger partial charge in [0.2, 0.25) is 0 Å². The quantitative estimate of drug-likeness (QED) is 0.0198. The average Bonchev–Trinajstić information content (AvgIpc) is 1.23. The number of aromatic hydroxyl groups is 4. The Kier molecular flexibility index (Phi) is 28.8. The summed E-state index contributed by atoms with van der Waals surface area (Å²) >= 11 is 0. The number of para-hydroxylation sites is 4. The number of aliphatic carboxylic acids is 4. The molecule has 8 atom stereocenters. The molecule has 0 saturated heterocycles. The monoisotopic (exact) mass is 1710 g/mol. The Bertz CT molecular complexity index is 4920. The number of rotatable bonds is 24. The molecule has 8 aromatic carbocycles. The normalized spacial score (nSPS) is 19.3.